The zero-order valence-electron chi connectivity index (χ0n) is 13.2. The summed E-state index contributed by atoms with van der Waals surface area (Å²) in [4.78, 5) is 32.0. The smallest absolute Gasteiger partial charge is 0.315 e. The number of aromatic amines is 1. The lowest BCUT2D eigenvalue weighted by atomic mass is 10.1. The van der Waals surface area contributed by atoms with Gasteiger partial charge in [-0.25, -0.2) is 4.98 Å². The number of benzene rings is 1. The molecule has 0 fully saturated rings. The van der Waals surface area contributed by atoms with Crippen LogP contribution >= 0.6 is 23.1 Å². The average molecular weight is 360 g/mol. The highest BCUT2D eigenvalue weighted by Gasteiger charge is 2.17. The van der Waals surface area contributed by atoms with E-state index >= 15 is 0 Å². The van der Waals surface area contributed by atoms with Crippen LogP contribution in [0.4, 0.5) is 0 Å². The van der Waals surface area contributed by atoms with Gasteiger partial charge in [-0.1, -0.05) is 30.3 Å². The van der Waals surface area contributed by atoms with Crippen molar-refractivity contribution in [3.05, 3.63) is 51.9 Å². The van der Waals surface area contributed by atoms with Gasteiger partial charge in [-0.3, -0.25) is 9.59 Å². The molecule has 5 nitrogen and oxygen atoms in total. The molecule has 0 saturated heterocycles. The number of thioether (sulfide) groups is 1. The van der Waals surface area contributed by atoms with Gasteiger partial charge in [0.2, 0.25) is 0 Å². The van der Waals surface area contributed by atoms with Gasteiger partial charge < -0.3 is 9.72 Å². The Morgan fingerprint density at radius 3 is 2.83 bits per heavy atom. The van der Waals surface area contributed by atoms with Crippen molar-refractivity contribution < 1.29 is 9.53 Å². The van der Waals surface area contributed by atoms with E-state index in [1.165, 1.54) is 30.2 Å². The number of thiophene rings is 1. The first-order valence-electron chi connectivity index (χ1n) is 7.35. The second-order valence-corrected chi connectivity index (χ2v) is 7.36. The van der Waals surface area contributed by atoms with Crippen molar-refractivity contribution in [3.63, 3.8) is 0 Å². The lowest BCUT2D eigenvalue weighted by Crippen LogP contribution is -2.13. The molecule has 3 rings (SSSR count). The molecule has 0 aliphatic rings. The maximum atomic E-state index is 12.6. The van der Waals surface area contributed by atoms with Crippen LogP contribution in [0.3, 0.4) is 0 Å². The summed E-state index contributed by atoms with van der Waals surface area (Å²) in [7, 11) is 1.36. The highest BCUT2D eigenvalue weighted by molar-refractivity contribution is 8.00. The molecule has 2 heterocycles. The summed E-state index contributed by atoms with van der Waals surface area (Å²) in [6.07, 6.45) is 0. The van der Waals surface area contributed by atoms with Crippen molar-refractivity contribution in [2.75, 3.05) is 12.9 Å². The third kappa shape index (κ3) is 3.37. The fraction of sp³-hybridized carbons (Fsp3) is 0.235. The summed E-state index contributed by atoms with van der Waals surface area (Å²) in [5, 5.41) is 2.46. The van der Waals surface area contributed by atoms with Gasteiger partial charge in [0.05, 0.1) is 23.5 Å². The zero-order valence-corrected chi connectivity index (χ0v) is 14.9. The minimum absolute atomic E-state index is 0.108. The molecule has 0 radical (unpaired) electrons. The number of hydrogen-bond donors (Lipinski definition) is 1. The maximum Gasteiger partial charge on any atom is 0.315 e. The van der Waals surface area contributed by atoms with Crippen molar-refractivity contribution >= 4 is 39.3 Å². The Morgan fingerprint density at radius 2 is 2.12 bits per heavy atom. The number of H-pyrrole nitrogens is 1. The van der Waals surface area contributed by atoms with E-state index in [4.69, 9.17) is 0 Å². The van der Waals surface area contributed by atoms with Crippen LogP contribution in [-0.4, -0.2) is 28.8 Å². The zero-order chi connectivity index (χ0) is 17.1. The summed E-state index contributed by atoms with van der Waals surface area (Å²) in [5.74, 6) is 0.500. The van der Waals surface area contributed by atoms with E-state index in [1.807, 2.05) is 42.6 Å². The summed E-state index contributed by atoms with van der Waals surface area (Å²) in [5.41, 5.74) is 1.74. The van der Waals surface area contributed by atoms with Crippen molar-refractivity contribution in [2.24, 2.45) is 0 Å². The molecule has 0 aliphatic carbocycles. The number of carbonyl (C=O) groups excluding carboxylic acids is 1. The summed E-state index contributed by atoms with van der Waals surface area (Å²) >= 11 is 2.83. The topological polar surface area (TPSA) is 72.0 Å². The van der Waals surface area contributed by atoms with Crippen molar-refractivity contribution in [2.45, 2.75) is 12.2 Å². The van der Waals surface area contributed by atoms with Gasteiger partial charge >= 0.3 is 5.97 Å². The lowest BCUT2D eigenvalue weighted by Gasteiger charge is -2.09. The van der Waals surface area contributed by atoms with Gasteiger partial charge in [0.25, 0.3) is 5.56 Å². The first-order valence-corrected chi connectivity index (χ1v) is 9.28. The Labute approximate surface area is 147 Å². The van der Waals surface area contributed by atoms with Crippen LogP contribution in [-0.2, 0) is 9.53 Å². The molecule has 0 aliphatic heterocycles. The highest BCUT2D eigenvalue weighted by atomic mass is 32.2. The number of ether oxygens (including phenoxy) is 1. The Morgan fingerprint density at radius 1 is 1.38 bits per heavy atom. The Balaban J connectivity index is 1.95. The van der Waals surface area contributed by atoms with E-state index in [-0.39, 0.29) is 22.5 Å². The van der Waals surface area contributed by atoms with Gasteiger partial charge in [-0.15, -0.1) is 23.1 Å². The SMILES string of the molecule is COC(=O)CSC(C)c1nc2scc(-c3ccccc3)c2c(=O)[nH]1. The standard InChI is InChI=1S/C17H16N2O3S2/c1-10(23-9-13(20)22-2)15-18-16(21)14-12(8-24-17(14)19-15)11-6-4-3-5-7-11/h3-8,10H,9H2,1-2H3,(H,18,19,21). The predicted octanol–water partition coefficient (Wildman–Crippen LogP) is 3.62. The maximum absolute atomic E-state index is 12.6. The molecule has 2 aromatic heterocycles. The number of methoxy groups -OCH3 is 1. The number of hydrogen-bond acceptors (Lipinski definition) is 6. The van der Waals surface area contributed by atoms with E-state index < -0.39 is 0 Å². The molecule has 24 heavy (non-hydrogen) atoms. The van der Waals surface area contributed by atoms with E-state index in [9.17, 15) is 9.59 Å². The number of esters is 1. The van der Waals surface area contributed by atoms with Crippen LogP contribution in [0.2, 0.25) is 0 Å². The quantitative estimate of drug-likeness (QED) is 0.704. The molecular weight excluding hydrogens is 344 g/mol. The normalized spacial score (nSPS) is 12.2. The van der Waals surface area contributed by atoms with Gasteiger partial charge in [0, 0.05) is 10.9 Å². The van der Waals surface area contributed by atoms with Crippen LogP contribution < -0.4 is 5.56 Å². The second kappa shape index (κ2) is 7.19. The molecule has 1 aromatic carbocycles. The predicted molar refractivity (Wildman–Crippen MR) is 98.6 cm³/mol. The third-order valence-corrected chi connectivity index (χ3v) is 5.61. The third-order valence-electron chi connectivity index (χ3n) is 3.61. The molecule has 124 valence electrons. The minimum Gasteiger partial charge on any atom is -0.468 e. The van der Waals surface area contributed by atoms with Gasteiger partial charge in [0.1, 0.15) is 10.7 Å². The second-order valence-electron chi connectivity index (χ2n) is 5.18. The van der Waals surface area contributed by atoms with Crippen molar-refractivity contribution in [1.82, 2.24) is 9.97 Å². The molecule has 1 N–H and O–H groups in total. The fourth-order valence-corrected chi connectivity index (χ4v) is 4.05. The Bertz CT molecular complexity index is 918. The number of carbonyl (C=O) groups is 1. The van der Waals surface area contributed by atoms with E-state index in [1.54, 1.807) is 0 Å². The largest absolute Gasteiger partial charge is 0.468 e. The minimum atomic E-state index is -0.294. The van der Waals surface area contributed by atoms with Crippen LogP contribution in [0.1, 0.15) is 18.0 Å². The first kappa shape index (κ1) is 16.7. The van der Waals surface area contributed by atoms with Crippen molar-refractivity contribution in [1.29, 1.82) is 0 Å². The van der Waals surface area contributed by atoms with Crippen molar-refractivity contribution in [3.8, 4) is 11.1 Å². The van der Waals surface area contributed by atoms with Crippen LogP contribution in [0.15, 0.2) is 40.5 Å². The molecule has 7 heteroatoms. The molecule has 1 atom stereocenters. The summed E-state index contributed by atoms with van der Waals surface area (Å²) in [6.45, 7) is 1.91. The van der Waals surface area contributed by atoms with E-state index in [2.05, 4.69) is 14.7 Å². The van der Waals surface area contributed by atoms with Gasteiger partial charge in [-0.2, -0.15) is 0 Å². The average Bonchev–Trinajstić information content (AvgIpc) is 3.04. The molecule has 3 aromatic rings. The van der Waals surface area contributed by atoms with E-state index in [0.29, 0.717) is 16.0 Å². The lowest BCUT2D eigenvalue weighted by molar-refractivity contribution is -0.137. The number of nitrogens with zero attached hydrogens (tertiary/aromatic N) is 1. The molecule has 0 bridgehead atoms. The number of rotatable bonds is 5. The number of aromatic nitrogens is 2. The molecule has 0 saturated carbocycles. The molecule has 0 amide bonds. The number of fused-ring (bicyclic) bond motifs is 1. The van der Waals surface area contributed by atoms with E-state index in [0.717, 1.165) is 11.1 Å². The molecular formula is C17H16N2O3S2. The van der Waals surface area contributed by atoms with Crippen LogP contribution in [0.25, 0.3) is 21.3 Å². The highest BCUT2D eigenvalue weighted by Crippen LogP contribution is 2.32. The molecule has 1 unspecified atom stereocenters. The van der Waals surface area contributed by atoms with Gasteiger partial charge in [0.15, 0.2) is 0 Å². The fourth-order valence-electron chi connectivity index (χ4n) is 2.32. The van der Waals surface area contributed by atoms with Gasteiger partial charge in [-0.05, 0) is 12.5 Å². The monoisotopic (exact) mass is 360 g/mol. The Hall–Kier alpha value is -2.12. The van der Waals surface area contributed by atoms with Crippen LogP contribution in [0, 0.1) is 0 Å². The Kier molecular flexibility index (Phi) is 5.01. The number of nitrogens with one attached hydrogen (secondary N) is 1. The molecule has 0 spiro atoms. The van der Waals surface area contributed by atoms with Crippen LogP contribution in [0.5, 0.6) is 0 Å². The summed E-state index contributed by atoms with van der Waals surface area (Å²) in [6, 6.07) is 9.78. The summed E-state index contributed by atoms with van der Waals surface area (Å²) < 4.78 is 4.63. The first-order chi connectivity index (χ1) is 11.6.